The first-order valence-electron chi connectivity index (χ1n) is 7.12. The van der Waals surface area contributed by atoms with E-state index < -0.39 is 0 Å². The van der Waals surface area contributed by atoms with E-state index in [0.717, 1.165) is 35.7 Å². The molecule has 5 heteroatoms. The molecule has 1 unspecified atom stereocenters. The van der Waals surface area contributed by atoms with Crippen LogP contribution in [0.25, 0.3) is 0 Å². The van der Waals surface area contributed by atoms with E-state index in [1.165, 1.54) is 4.88 Å². The van der Waals surface area contributed by atoms with Gasteiger partial charge in [0.2, 0.25) is 0 Å². The molecular weight excluding hydrogens is 323 g/mol. The lowest BCUT2D eigenvalue weighted by Gasteiger charge is -2.18. The van der Waals surface area contributed by atoms with Crippen molar-refractivity contribution in [2.24, 2.45) is 0 Å². The Kier molecular flexibility index (Phi) is 6.06. The highest BCUT2D eigenvalue weighted by Crippen LogP contribution is 2.28. The zero-order chi connectivity index (χ0) is 15.4. The summed E-state index contributed by atoms with van der Waals surface area (Å²) in [5, 5.41) is 5.93. The molecule has 2 aromatic rings. The summed E-state index contributed by atoms with van der Waals surface area (Å²) in [4.78, 5) is 5.93. The summed E-state index contributed by atoms with van der Waals surface area (Å²) in [6.07, 6.45) is 1.96. The van der Waals surface area contributed by atoms with Gasteiger partial charge in [-0.05, 0) is 44.5 Å². The third kappa shape index (κ3) is 4.43. The number of nitrogens with zero attached hydrogens (tertiary/aromatic N) is 1. The molecule has 0 saturated heterocycles. The van der Waals surface area contributed by atoms with Gasteiger partial charge in [-0.1, -0.05) is 36.2 Å². The van der Waals surface area contributed by atoms with Crippen LogP contribution in [0, 0.1) is 13.8 Å². The van der Waals surface area contributed by atoms with Gasteiger partial charge in [-0.3, -0.25) is 0 Å². The van der Waals surface area contributed by atoms with Crippen LogP contribution in [0.15, 0.2) is 18.2 Å². The van der Waals surface area contributed by atoms with Gasteiger partial charge in [0.05, 0.1) is 20.7 Å². The summed E-state index contributed by atoms with van der Waals surface area (Å²) in [6, 6.07) is 6.06. The topological polar surface area (TPSA) is 24.9 Å². The molecule has 0 spiro atoms. The highest BCUT2D eigenvalue weighted by molar-refractivity contribution is 7.11. The predicted molar refractivity (Wildman–Crippen MR) is 92.8 cm³/mol. The summed E-state index contributed by atoms with van der Waals surface area (Å²) in [6.45, 7) is 7.30. The summed E-state index contributed by atoms with van der Waals surface area (Å²) in [7, 11) is 0. The van der Waals surface area contributed by atoms with E-state index in [1.807, 2.05) is 18.2 Å². The average Bonchev–Trinajstić information content (AvgIpc) is 2.76. The highest BCUT2D eigenvalue weighted by Gasteiger charge is 2.15. The zero-order valence-corrected chi connectivity index (χ0v) is 14.9. The van der Waals surface area contributed by atoms with Crippen molar-refractivity contribution in [3.8, 4) is 0 Å². The maximum Gasteiger partial charge on any atom is 0.0949 e. The number of aryl methyl sites for hydroxylation is 2. The molecule has 0 radical (unpaired) electrons. The first-order valence-corrected chi connectivity index (χ1v) is 8.69. The number of hydrogen-bond acceptors (Lipinski definition) is 3. The number of nitrogens with one attached hydrogen (secondary N) is 1. The molecular formula is C16H20Cl2N2S. The van der Waals surface area contributed by atoms with Gasteiger partial charge < -0.3 is 5.32 Å². The minimum Gasteiger partial charge on any atom is -0.310 e. The zero-order valence-electron chi connectivity index (χ0n) is 12.5. The van der Waals surface area contributed by atoms with Gasteiger partial charge in [0.1, 0.15) is 0 Å². The van der Waals surface area contributed by atoms with E-state index in [2.05, 4.69) is 31.1 Å². The number of thiazole rings is 1. The van der Waals surface area contributed by atoms with Crippen molar-refractivity contribution in [1.82, 2.24) is 10.3 Å². The lowest BCUT2D eigenvalue weighted by molar-refractivity contribution is 0.528. The van der Waals surface area contributed by atoms with Crippen LogP contribution in [-0.4, -0.2) is 11.5 Å². The molecule has 1 aromatic heterocycles. The standard InChI is InChI=1S/C16H20Cl2N2S/c1-4-7-19-15(9-16-20-10(2)11(3)21-16)12-5-6-13(17)14(18)8-12/h5-6,8,15,19H,4,7,9H2,1-3H3. The van der Waals surface area contributed by atoms with E-state index in [-0.39, 0.29) is 6.04 Å². The number of hydrogen-bond donors (Lipinski definition) is 1. The molecule has 0 aliphatic rings. The van der Waals surface area contributed by atoms with Gasteiger partial charge in [0, 0.05) is 17.3 Å². The Labute approximate surface area is 140 Å². The van der Waals surface area contributed by atoms with Gasteiger partial charge in [-0.15, -0.1) is 11.3 Å². The molecule has 0 fully saturated rings. The summed E-state index contributed by atoms with van der Waals surface area (Å²) < 4.78 is 0. The van der Waals surface area contributed by atoms with E-state index in [9.17, 15) is 0 Å². The Morgan fingerprint density at radius 1 is 1.24 bits per heavy atom. The Morgan fingerprint density at radius 2 is 2.00 bits per heavy atom. The van der Waals surface area contributed by atoms with Crippen molar-refractivity contribution < 1.29 is 0 Å². The van der Waals surface area contributed by atoms with Gasteiger partial charge in [0.15, 0.2) is 0 Å². The highest BCUT2D eigenvalue weighted by atomic mass is 35.5. The molecule has 0 saturated carbocycles. The molecule has 114 valence electrons. The van der Waals surface area contributed by atoms with E-state index in [0.29, 0.717) is 10.0 Å². The fourth-order valence-electron chi connectivity index (χ4n) is 2.16. The molecule has 2 nitrogen and oxygen atoms in total. The molecule has 1 aromatic carbocycles. The number of benzene rings is 1. The fraction of sp³-hybridized carbons (Fsp3) is 0.438. The van der Waals surface area contributed by atoms with E-state index in [1.54, 1.807) is 11.3 Å². The molecule has 1 heterocycles. The maximum atomic E-state index is 6.15. The minimum atomic E-state index is 0.213. The Hall–Kier alpha value is -0.610. The molecule has 0 aliphatic carbocycles. The van der Waals surface area contributed by atoms with Crippen LogP contribution in [-0.2, 0) is 6.42 Å². The molecule has 21 heavy (non-hydrogen) atoms. The normalized spacial score (nSPS) is 12.6. The molecule has 0 amide bonds. The summed E-state index contributed by atoms with van der Waals surface area (Å²) in [5.41, 5.74) is 2.28. The molecule has 1 N–H and O–H groups in total. The number of halogens is 2. The maximum absolute atomic E-state index is 6.15. The van der Waals surface area contributed by atoms with Gasteiger partial charge in [-0.2, -0.15) is 0 Å². The quantitative estimate of drug-likeness (QED) is 0.765. The monoisotopic (exact) mass is 342 g/mol. The average molecular weight is 343 g/mol. The van der Waals surface area contributed by atoms with Crippen molar-refractivity contribution in [1.29, 1.82) is 0 Å². The van der Waals surface area contributed by atoms with E-state index >= 15 is 0 Å². The lowest BCUT2D eigenvalue weighted by atomic mass is 10.0. The van der Waals surface area contributed by atoms with Crippen LogP contribution in [0.4, 0.5) is 0 Å². The van der Waals surface area contributed by atoms with E-state index in [4.69, 9.17) is 23.2 Å². The Balaban J connectivity index is 2.22. The number of rotatable bonds is 6. The predicted octanol–water partition coefficient (Wildman–Crippen LogP) is 5.35. The fourth-order valence-corrected chi connectivity index (χ4v) is 3.44. The first kappa shape index (κ1) is 16.8. The second kappa shape index (κ2) is 7.59. The van der Waals surface area contributed by atoms with Crippen molar-refractivity contribution in [2.45, 2.75) is 39.7 Å². The Morgan fingerprint density at radius 3 is 2.57 bits per heavy atom. The van der Waals surface area contributed by atoms with Gasteiger partial charge in [0.25, 0.3) is 0 Å². The van der Waals surface area contributed by atoms with Crippen molar-refractivity contribution in [2.75, 3.05) is 6.54 Å². The van der Waals surface area contributed by atoms with Gasteiger partial charge >= 0.3 is 0 Å². The smallest absolute Gasteiger partial charge is 0.0949 e. The second-order valence-electron chi connectivity index (χ2n) is 5.13. The summed E-state index contributed by atoms with van der Waals surface area (Å²) >= 11 is 13.9. The van der Waals surface area contributed by atoms with Crippen molar-refractivity contribution in [3.05, 3.63) is 49.4 Å². The van der Waals surface area contributed by atoms with Gasteiger partial charge in [-0.25, -0.2) is 4.98 Å². The van der Waals surface area contributed by atoms with Crippen LogP contribution >= 0.6 is 34.5 Å². The van der Waals surface area contributed by atoms with Crippen LogP contribution in [0.1, 0.15) is 40.5 Å². The largest absolute Gasteiger partial charge is 0.310 e. The number of aromatic nitrogens is 1. The second-order valence-corrected chi connectivity index (χ2v) is 7.24. The third-order valence-electron chi connectivity index (χ3n) is 3.44. The molecule has 2 rings (SSSR count). The lowest BCUT2D eigenvalue weighted by Crippen LogP contribution is -2.24. The first-order chi connectivity index (χ1) is 10.0. The minimum absolute atomic E-state index is 0.213. The van der Waals surface area contributed by atoms with Crippen LogP contribution in [0.5, 0.6) is 0 Å². The third-order valence-corrected chi connectivity index (χ3v) is 5.27. The van der Waals surface area contributed by atoms with Crippen molar-refractivity contribution in [3.63, 3.8) is 0 Å². The molecule has 1 atom stereocenters. The van der Waals surface area contributed by atoms with Crippen LogP contribution < -0.4 is 5.32 Å². The van der Waals surface area contributed by atoms with Crippen LogP contribution in [0.2, 0.25) is 10.0 Å². The molecule has 0 bridgehead atoms. The van der Waals surface area contributed by atoms with Crippen LogP contribution in [0.3, 0.4) is 0 Å². The Bertz CT molecular complexity index is 591. The molecule has 0 aliphatic heterocycles. The van der Waals surface area contributed by atoms with Crippen molar-refractivity contribution >= 4 is 34.5 Å². The SMILES string of the molecule is CCCNC(Cc1nc(C)c(C)s1)c1ccc(Cl)c(Cl)c1. The summed E-state index contributed by atoms with van der Waals surface area (Å²) in [5.74, 6) is 0.